The molecule has 0 bridgehead atoms. The number of amides is 1. The van der Waals surface area contributed by atoms with Crippen molar-refractivity contribution in [2.24, 2.45) is 5.92 Å². The number of hydrogen-bond donors (Lipinski definition) is 1. The molecule has 2 aromatic carbocycles. The number of aryl methyl sites for hydroxylation is 3. The van der Waals surface area contributed by atoms with Crippen molar-refractivity contribution in [3.63, 3.8) is 0 Å². The minimum absolute atomic E-state index is 0.141. The standard InChI is InChI=1S/C22H26Cl2N2O/c1-14-8-17(11-26-12-18(13-26)22(27)25-3)9-15(2)19(14)6-4-16-5-7-20(23)21(24)10-16/h5,7-10,18H,4,6,11-13H2,1-3H3,(H,25,27). The monoisotopic (exact) mass is 404 g/mol. The van der Waals surface area contributed by atoms with Gasteiger partial charge in [-0.15, -0.1) is 0 Å². The largest absolute Gasteiger partial charge is 0.359 e. The summed E-state index contributed by atoms with van der Waals surface area (Å²) in [5, 5.41) is 3.94. The zero-order valence-electron chi connectivity index (χ0n) is 16.1. The summed E-state index contributed by atoms with van der Waals surface area (Å²) in [7, 11) is 1.70. The highest BCUT2D eigenvalue weighted by Crippen LogP contribution is 2.26. The zero-order valence-corrected chi connectivity index (χ0v) is 17.6. The first-order chi connectivity index (χ1) is 12.9. The lowest BCUT2D eigenvalue weighted by Gasteiger charge is -2.38. The molecule has 2 aromatic rings. The summed E-state index contributed by atoms with van der Waals surface area (Å²) in [6, 6.07) is 10.4. The molecule has 1 saturated heterocycles. The van der Waals surface area contributed by atoms with Gasteiger partial charge in [-0.3, -0.25) is 9.69 Å². The fraction of sp³-hybridized carbons (Fsp3) is 0.409. The third kappa shape index (κ3) is 4.84. The second-order valence-electron chi connectivity index (χ2n) is 7.46. The number of nitrogens with one attached hydrogen (secondary N) is 1. The van der Waals surface area contributed by atoms with E-state index in [1.54, 1.807) is 7.05 Å². The SMILES string of the molecule is CNC(=O)C1CN(Cc2cc(C)c(CCc3ccc(Cl)c(Cl)c3)c(C)c2)C1. The maximum absolute atomic E-state index is 11.6. The van der Waals surface area contributed by atoms with Crippen LogP contribution in [0.5, 0.6) is 0 Å². The van der Waals surface area contributed by atoms with E-state index in [1.165, 1.54) is 27.8 Å². The lowest BCUT2D eigenvalue weighted by molar-refractivity contribution is -0.129. The van der Waals surface area contributed by atoms with Crippen molar-refractivity contribution in [3.8, 4) is 0 Å². The Balaban J connectivity index is 1.61. The van der Waals surface area contributed by atoms with E-state index < -0.39 is 0 Å². The topological polar surface area (TPSA) is 32.3 Å². The number of hydrogen-bond acceptors (Lipinski definition) is 2. The van der Waals surface area contributed by atoms with Crippen LogP contribution in [0.25, 0.3) is 0 Å². The molecule has 5 heteroatoms. The number of likely N-dealkylation sites (tertiary alicyclic amines) is 1. The molecule has 144 valence electrons. The predicted molar refractivity (Wildman–Crippen MR) is 113 cm³/mol. The van der Waals surface area contributed by atoms with Gasteiger partial charge in [0, 0.05) is 26.7 Å². The molecule has 1 aliphatic heterocycles. The molecule has 0 saturated carbocycles. The average Bonchev–Trinajstić information content (AvgIpc) is 2.59. The number of carbonyl (C=O) groups excluding carboxylic acids is 1. The molecule has 1 fully saturated rings. The molecule has 1 aliphatic rings. The quantitative estimate of drug-likeness (QED) is 0.764. The molecule has 27 heavy (non-hydrogen) atoms. The molecule has 3 nitrogen and oxygen atoms in total. The average molecular weight is 405 g/mol. The minimum atomic E-state index is 0.141. The van der Waals surface area contributed by atoms with Gasteiger partial charge >= 0.3 is 0 Å². The Morgan fingerprint density at radius 2 is 1.70 bits per heavy atom. The van der Waals surface area contributed by atoms with Crippen molar-refractivity contribution in [1.29, 1.82) is 0 Å². The second kappa shape index (κ2) is 8.64. The fourth-order valence-corrected chi connectivity index (χ4v) is 4.18. The first-order valence-corrected chi connectivity index (χ1v) is 10.1. The summed E-state index contributed by atoms with van der Waals surface area (Å²) in [4.78, 5) is 13.9. The van der Waals surface area contributed by atoms with Crippen molar-refractivity contribution >= 4 is 29.1 Å². The Bertz CT molecular complexity index is 821. The van der Waals surface area contributed by atoms with E-state index in [0.29, 0.717) is 10.0 Å². The van der Waals surface area contributed by atoms with Crippen molar-refractivity contribution in [3.05, 3.63) is 68.2 Å². The van der Waals surface area contributed by atoms with E-state index in [0.717, 1.165) is 32.5 Å². The van der Waals surface area contributed by atoms with Crippen molar-refractivity contribution < 1.29 is 4.79 Å². The van der Waals surface area contributed by atoms with Gasteiger partial charge in [0.15, 0.2) is 0 Å². The predicted octanol–water partition coefficient (Wildman–Crippen LogP) is 4.57. The maximum Gasteiger partial charge on any atom is 0.225 e. The summed E-state index contributed by atoms with van der Waals surface area (Å²) >= 11 is 12.1. The highest BCUT2D eigenvalue weighted by atomic mass is 35.5. The van der Waals surface area contributed by atoms with Crippen LogP contribution in [0.4, 0.5) is 0 Å². The minimum Gasteiger partial charge on any atom is -0.359 e. The number of halogens is 2. The van der Waals surface area contributed by atoms with Gasteiger partial charge in [0.1, 0.15) is 0 Å². The van der Waals surface area contributed by atoms with Crippen molar-refractivity contribution in [2.45, 2.75) is 33.2 Å². The Labute approximate surface area is 171 Å². The van der Waals surface area contributed by atoms with Crippen LogP contribution in [0.2, 0.25) is 10.0 Å². The van der Waals surface area contributed by atoms with Crippen LogP contribution in [0.1, 0.15) is 27.8 Å². The van der Waals surface area contributed by atoms with Crippen LogP contribution in [-0.4, -0.2) is 30.9 Å². The molecule has 1 amide bonds. The molecular formula is C22H26Cl2N2O. The Hall–Kier alpha value is -1.55. The highest BCUT2D eigenvalue weighted by Gasteiger charge is 2.31. The number of nitrogens with zero attached hydrogens (tertiary/aromatic N) is 1. The van der Waals surface area contributed by atoms with Crippen molar-refractivity contribution in [1.82, 2.24) is 10.2 Å². The van der Waals surface area contributed by atoms with Gasteiger partial charge < -0.3 is 5.32 Å². The third-order valence-corrected chi connectivity index (χ3v) is 6.12. The van der Waals surface area contributed by atoms with Crippen LogP contribution in [-0.2, 0) is 24.2 Å². The maximum atomic E-state index is 11.6. The summed E-state index contributed by atoms with van der Waals surface area (Å²) < 4.78 is 0. The van der Waals surface area contributed by atoms with Crippen LogP contribution in [0, 0.1) is 19.8 Å². The van der Waals surface area contributed by atoms with Crippen LogP contribution in [0.15, 0.2) is 30.3 Å². The molecule has 0 unspecified atom stereocenters. The van der Waals surface area contributed by atoms with Crippen LogP contribution < -0.4 is 5.32 Å². The molecule has 1 N–H and O–H groups in total. The summed E-state index contributed by atoms with van der Waals surface area (Å²) in [5.74, 6) is 0.291. The van der Waals surface area contributed by atoms with Gasteiger partial charge in [-0.1, -0.05) is 41.4 Å². The van der Waals surface area contributed by atoms with Crippen molar-refractivity contribution in [2.75, 3.05) is 20.1 Å². The Morgan fingerprint density at radius 1 is 1.04 bits per heavy atom. The fourth-order valence-electron chi connectivity index (χ4n) is 3.86. The number of rotatable bonds is 6. The van der Waals surface area contributed by atoms with Gasteiger partial charge in [0.05, 0.1) is 16.0 Å². The molecular weight excluding hydrogens is 379 g/mol. The molecule has 1 heterocycles. The molecule has 0 spiro atoms. The van der Waals surface area contributed by atoms with Crippen LogP contribution >= 0.6 is 23.2 Å². The van der Waals surface area contributed by atoms with E-state index in [-0.39, 0.29) is 11.8 Å². The zero-order chi connectivity index (χ0) is 19.6. The lowest BCUT2D eigenvalue weighted by atomic mass is 9.93. The number of benzene rings is 2. The molecule has 0 aliphatic carbocycles. The van der Waals surface area contributed by atoms with E-state index in [1.807, 2.05) is 18.2 Å². The van der Waals surface area contributed by atoms with E-state index in [2.05, 4.69) is 36.2 Å². The Morgan fingerprint density at radius 3 is 2.30 bits per heavy atom. The molecule has 0 atom stereocenters. The summed E-state index contributed by atoms with van der Waals surface area (Å²) in [6.07, 6.45) is 1.93. The third-order valence-electron chi connectivity index (χ3n) is 5.38. The van der Waals surface area contributed by atoms with E-state index in [9.17, 15) is 4.79 Å². The van der Waals surface area contributed by atoms with Crippen LogP contribution in [0.3, 0.4) is 0 Å². The lowest BCUT2D eigenvalue weighted by Crippen LogP contribution is -2.52. The first kappa shape index (κ1) is 20.2. The van der Waals surface area contributed by atoms with Gasteiger partial charge in [-0.25, -0.2) is 0 Å². The first-order valence-electron chi connectivity index (χ1n) is 9.34. The molecule has 3 rings (SSSR count). The number of carbonyl (C=O) groups is 1. The normalized spacial score (nSPS) is 14.9. The van der Waals surface area contributed by atoms with Gasteiger partial charge in [0.25, 0.3) is 0 Å². The smallest absolute Gasteiger partial charge is 0.225 e. The van der Waals surface area contributed by atoms with Gasteiger partial charge in [-0.2, -0.15) is 0 Å². The summed E-state index contributed by atoms with van der Waals surface area (Å²) in [5.41, 5.74) is 6.57. The van der Waals surface area contributed by atoms with Gasteiger partial charge in [0.2, 0.25) is 5.91 Å². The summed E-state index contributed by atoms with van der Waals surface area (Å²) in [6.45, 7) is 6.96. The molecule has 0 aromatic heterocycles. The molecule has 0 radical (unpaired) electrons. The van der Waals surface area contributed by atoms with Gasteiger partial charge in [-0.05, 0) is 66.6 Å². The van der Waals surface area contributed by atoms with E-state index >= 15 is 0 Å². The highest BCUT2D eigenvalue weighted by molar-refractivity contribution is 6.42. The van der Waals surface area contributed by atoms with E-state index in [4.69, 9.17) is 23.2 Å². The second-order valence-corrected chi connectivity index (χ2v) is 8.28. The Kier molecular flexibility index (Phi) is 6.46.